The van der Waals surface area contributed by atoms with Crippen molar-refractivity contribution in [1.82, 2.24) is 4.90 Å². The van der Waals surface area contributed by atoms with Gasteiger partial charge in [-0.2, -0.15) is 0 Å². The van der Waals surface area contributed by atoms with Crippen LogP contribution in [0, 0.1) is 0 Å². The van der Waals surface area contributed by atoms with E-state index in [1.165, 1.54) is 11.8 Å². The molecule has 0 heterocycles. The Kier molecular flexibility index (Phi) is 6.87. The maximum Gasteiger partial charge on any atom is 0.321 e. The van der Waals surface area contributed by atoms with Gasteiger partial charge in [-0.25, -0.2) is 4.99 Å². The fourth-order valence-corrected chi connectivity index (χ4v) is 3.74. The Bertz CT molecular complexity index is 915. The predicted octanol–water partition coefficient (Wildman–Crippen LogP) is 5.37. The summed E-state index contributed by atoms with van der Waals surface area (Å²) < 4.78 is 0. The molecule has 0 aromatic heterocycles. The van der Waals surface area contributed by atoms with Crippen LogP contribution in [0.4, 0.5) is 5.69 Å². The van der Waals surface area contributed by atoms with Gasteiger partial charge in [0.25, 0.3) is 0 Å². The van der Waals surface area contributed by atoms with Crippen LogP contribution in [0.25, 0.3) is 0 Å². The molecule has 1 atom stereocenters. The second-order valence-electron chi connectivity index (χ2n) is 6.32. The van der Waals surface area contributed by atoms with Gasteiger partial charge in [0.15, 0.2) is 5.17 Å². The fourth-order valence-electron chi connectivity index (χ4n) is 2.73. The molecule has 0 aliphatic carbocycles. The summed E-state index contributed by atoms with van der Waals surface area (Å²) in [6.45, 7) is 0.640. The molecular formula is C23H22N2O2S. The van der Waals surface area contributed by atoms with Gasteiger partial charge in [0.1, 0.15) is 5.25 Å². The van der Waals surface area contributed by atoms with Gasteiger partial charge in [-0.1, -0.05) is 90.6 Å². The maximum absolute atomic E-state index is 12.0. The second-order valence-corrected chi connectivity index (χ2v) is 7.39. The number of hydrogen-bond donors (Lipinski definition) is 1. The quantitative estimate of drug-likeness (QED) is 0.454. The van der Waals surface area contributed by atoms with Crippen molar-refractivity contribution in [2.75, 3.05) is 7.05 Å². The smallest absolute Gasteiger partial charge is 0.321 e. The number of thioether (sulfide) groups is 1. The van der Waals surface area contributed by atoms with Crippen molar-refractivity contribution in [3.8, 4) is 0 Å². The van der Waals surface area contributed by atoms with Crippen LogP contribution in [0.2, 0.25) is 0 Å². The molecule has 28 heavy (non-hydrogen) atoms. The molecule has 0 bridgehead atoms. The SMILES string of the molecule is CN(Cc1ccccc1)C(=Nc1ccccc1)SC(C(=O)O)c1ccccc1. The van der Waals surface area contributed by atoms with Crippen LogP contribution in [0.15, 0.2) is 96.0 Å². The molecule has 0 radical (unpaired) electrons. The highest BCUT2D eigenvalue weighted by Crippen LogP contribution is 2.32. The minimum absolute atomic E-state index is 0.640. The zero-order chi connectivity index (χ0) is 19.8. The second kappa shape index (κ2) is 9.76. The number of carboxylic acid groups (broad SMARTS) is 1. The summed E-state index contributed by atoms with van der Waals surface area (Å²) in [5, 5.41) is 9.74. The van der Waals surface area contributed by atoms with Gasteiger partial charge in [-0.3, -0.25) is 4.79 Å². The molecule has 0 saturated carbocycles. The number of nitrogens with zero attached hydrogens (tertiary/aromatic N) is 2. The third-order valence-electron chi connectivity index (χ3n) is 4.12. The van der Waals surface area contributed by atoms with Crippen molar-refractivity contribution in [1.29, 1.82) is 0 Å². The summed E-state index contributed by atoms with van der Waals surface area (Å²) in [6.07, 6.45) is 0. The number of carboxylic acids is 1. The summed E-state index contributed by atoms with van der Waals surface area (Å²) in [7, 11) is 1.94. The number of amidine groups is 1. The van der Waals surface area contributed by atoms with Crippen molar-refractivity contribution in [2.24, 2.45) is 4.99 Å². The van der Waals surface area contributed by atoms with Gasteiger partial charge < -0.3 is 10.0 Å². The van der Waals surface area contributed by atoms with Crippen LogP contribution in [0.1, 0.15) is 16.4 Å². The van der Waals surface area contributed by atoms with Gasteiger partial charge in [0, 0.05) is 13.6 Å². The number of carbonyl (C=O) groups is 1. The number of para-hydroxylation sites is 1. The molecule has 0 spiro atoms. The summed E-state index contributed by atoms with van der Waals surface area (Å²) in [5.74, 6) is -0.884. The predicted molar refractivity (Wildman–Crippen MR) is 116 cm³/mol. The molecule has 0 fully saturated rings. The molecule has 0 saturated heterocycles. The van der Waals surface area contributed by atoms with E-state index in [4.69, 9.17) is 4.99 Å². The molecular weight excluding hydrogens is 368 g/mol. The lowest BCUT2D eigenvalue weighted by atomic mass is 10.1. The number of aliphatic imine (C=N–C) groups is 1. The van der Waals surface area contributed by atoms with Crippen molar-refractivity contribution < 1.29 is 9.90 Å². The van der Waals surface area contributed by atoms with Crippen LogP contribution in [-0.4, -0.2) is 28.2 Å². The zero-order valence-corrected chi connectivity index (χ0v) is 16.4. The number of hydrogen-bond acceptors (Lipinski definition) is 3. The molecule has 4 nitrogen and oxygen atoms in total. The van der Waals surface area contributed by atoms with Crippen LogP contribution in [0.3, 0.4) is 0 Å². The maximum atomic E-state index is 12.0. The van der Waals surface area contributed by atoms with E-state index in [0.29, 0.717) is 11.7 Å². The van der Waals surface area contributed by atoms with E-state index in [-0.39, 0.29) is 0 Å². The molecule has 0 aliphatic heterocycles. The number of rotatable bonds is 6. The van der Waals surface area contributed by atoms with Crippen LogP contribution in [-0.2, 0) is 11.3 Å². The van der Waals surface area contributed by atoms with E-state index in [1.807, 2.05) is 103 Å². The van der Waals surface area contributed by atoms with E-state index < -0.39 is 11.2 Å². The topological polar surface area (TPSA) is 52.9 Å². The van der Waals surface area contributed by atoms with Gasteiger partial charge >= 0.3 is 5.97 Å². The van der Waals surface area contributed by atoms with Gasteiger partial charge in [0.05, 0.1) is 5.69 Å². The fraction of sp³-hybridized carbons (Fsp3) is 0.130. The average molecular weight is 391 g/mol. The lowest BCUT2D eigenvalue weighted by Gasteiger charge is -2.23. The van der Waals surface area contributed by atoms with Crippen molar-refractivity contribution in [3.05, 3.63) is 102 Å². The summed E-state index contributed by atoms with van der Waals surface area (Å²) >= 11 is 1.25. The van der Waals surface area contributed by atoms with Crippen LogP contribution < -0.4 is 0 Å². The number of aliphatic carboxylic acids is 1. The summed E-state index contributed by atoms with van der Waals surface area (Å²) in [6, 6.07) is 28.9. The highest BCUT2D eigenvalue weighted by Gasteiger charge is 2.24. The molecule has 0 aliphatic rings. The highest BCUT2D eigenvalue weighted by atomic mass is 32.2. The third-order valence-corrected chi connectivity index (χ3v) is 5.44. The molecule has 0 amide bonds. The molecule has 3 rings (SSSR count). The summed E-state index contributed by atoms with van der Waals surface area (Å²) in [5.41, 5.74) is 2.67. The zero-order valence-electron chi connectivity index (χ0n) is 15.6. The molecule has 142 valence electrons. The van der Waals surface area contributed by atoms with Gasteiger partial charge in [-0.15, -0.1) is 0 Å². The lowest BCUT2D eigenvalue weighted by Crippen LogP contribution is -2.25. The van der Waals surface area contributed by atoms with E-state index >= 15 is 0 Å². The normalized spacial score (nSPS) is 12.4. The van der Waals surface area contributed by atoms with E-state index in [9.17, 15) is 9.90 Å². The largest absolute Gasteiger partial charge is 0.480 e. The van der Waals surface area contributed by atoms with E-state index in [0.717, 1.165) is 16.8 Å². The average Bonchev–Trinajstić information content (AvgIpc) is 2.73. The monoisotopic (exact) mass is 390 g/mol. The highest BCUT2D eigenvalue weighted by molar-refractivity contribution is 8.14. The van der Waals surface area contributed by atoms with Crippen LogP contribution in [0.5, 0.6) is 0 Å². The summed E-state index contributed by atoms with van der Waals surface area (Å²) in [4.78, 5) is 18.7. The first-order valence-electron chi connectivity index (χ1n) is 8.96. The Morgan fingerprint density at radius 3 is 2.04 bits per heavy atom. The minimum atomic E-state index is -0.884. The standard InChI is InChI=1S/C23H22N2O2S/c1-25(17-18-11-5-2-6-12-18)23(24-20-15-9-4-10-16-20)28-21(22(26)27)19-13-7-3-8-14-19/h2-16,21H,17H2,1H3,(H,26,27). The molecule has 3 aromatic rings. The van der Waals surface area contributed by atoms with Gasteiger partial charge in [0.2, 0.25) is 0 Å². The third kappa shape index (κ3) is 5.47. The Labute approximate surface area is 169 Å². The Morgan fingerprint density at radius 1 is 0.929 bits per heavy atom. The first-order chi connectivity index (χ1) is 13.6. The van der Waals surface area contributed by atoms with Crippen LogP contribution >= 0.6 is 11.8 Å². The van der Waals surface area contributed by atoms with E-state index in [1.54, 1.807) is 0 Å². The molecule has 1 unspecified atom stereocenters. The first kappa shape index (κ1) is 19.7. The van der Waals surface area contributed by atoms with Crippen molar-refractivity contribution in [2.45, 2.75) is 11.8 Å². The molecule has 3 aromatic carbocycles. The Morgan fingerprint density at radius 2 is 1.46 bits per heavy atom. The van der Waals surface area contributed by atoms with E-state index in [2.05, 4.69) is 0 Å². The minimum Gasteiger partial charge on any atom is -0.480 e. The lowest BCUT2D eigenvalue weighted by molar-refractivity contribution is -0.136. The Balaban J connectivity index is 1.91. The molecule has 1 N–H and O–H groups in total. The van der Waals surface area contributed by atoms with Crippen molar-refractivity contribution >= 4 is 28.6 Å². The first-order valence-corrected chi connectivity index (χ1v) is 9.84. The van der Waals surface area contributed by atoms with Gasteiger partial charge in [-0.05, 0) is 23.3 Å². The van der Waals surface area contributed by atoms with Crippen molar-refractivity contribution in [3.63, 3.8) is 0 Å². The molecule has 5 heteroatoms. The number of benzene rings is 3. The Hall–Kier alpha value is -3.05.